The van der Waals surface area contributed by atoms with E-state index in [1.165, 1.54) is 12.4 Å². The maximum absolute atomic E-state index is 11.9. The fourth-order valence-electron chi connectivity index (χ4n) is 1.20. The number of aryl methyl sites for hydroxylation is 1. The number of hydrogen-bond acceptors (Lipinski definition) is 6. The second kappa shape index (κ2) is 4.26. The van der Waals surface area contributed by atoms with Crippen LogP contribution in [-0.2, 0) is 6.54 Å². The fraction of sp³-hybridized carbons (Fsp3) is 0.375. The van der Waals surface area contributed by atoms with Crippen LogP contribution < -0.4 is 0 Å². The van der Waals surface area contributed by atoms with Crippen LogP contribution in [-0.4, -0.2) is 30.4 Å². The molecule has 0 saturated carbocycles. The molecular weight excluding hydrogens is 214 g/mol. The van der Waals surface area contributed by atoms with Crippen molar-refractivity contribution in [2.45, 2.75) is 19.9 Å². The number of carbonyl (C=O) groups excluding carboxylic acids is 1. The summed E-state index contributed by atoms with van der Waals surface area (Å²) in [5, 5.41) is 11.2. The van der Waals surface area contributed by atoms with E-state index >= 15 is 0 Å². The average molecular weight is 223 g/mol. The Morgan fingerprint density at radius 3 is 3.00 bits per heavy atom. The van der Waals surface area contributed by atoms with Gasteiger partial charge in [-0.05, 0) is 18.0 Å². The van der Waals surface area contributed by atoms with E-state index < -0.39 is 0 Å². The van der Waals surface area contributed by atoms with Gasteiger partial charge >= 0.3 is 0 Å². The Morgan fingerprint density at radius 1 is 1.47 bits per heavy atom. The first kappa shape index (κ1) is 9.91. The molecule has 2 heterocycles. The van der Waals surface area contributed by atoms with Crippen LogP contribution in [0, 0.1) is 0 Å². The van der Waals surface area contributed by atoms with Gasteiger partial charge in [0.15, 0.2) is 0 Å². The molecule has 0 aromatic carbocycles. The molecule has 0 unspecified atom stereocenters. The molecule has 0 radical (unpaired) electrons. The lowest BCUT2D eigenvalue weighted by atomic mass is 10.2. The Kier molecular flexibility index (Phi) is 2.82. The van der Waals surface area contributed by atoms with Crippen LogP contribution in [0.2, 0.25) is 0 Å². The quantitative estimate of drug-likeness (QED) is 0.716. The van der Waals surface area contributed by atoms with Crippen molar-refractivity contribution in [3.63, 3.8) is 0 Å². The van der Waals surface area contributed by atoms with Gasteiger partial charge in [0.1, 0.15) is 10.6 Å². The Morgan fingerprint density at radius 2 is 2.33 bits per heavy atom. The Hall–Kier alpha value is -1.63. The topological polar surface area (TPSA) is 73.6 Å². The summed E-state index contributed by atoms with van der Waals surface area (Å²) in [6.45, 7) is 2.71. The van der Waals surface area contributed by atoms with E-state index in [1.807, 2.05) is 6.92 Å². The molecule has 0 N–H and O–H groups in total. The third kappa shape index (κ3) is 1.91. The molecule has 15 heavy (non-hydrogen) atoms. The maximum Gasteiger partial charge on any atom is 0.225 e. The second-order valence-electron chi connectivity index (χ2n) is 2.95. The molecule has 2 rings (SSSR count). The SMILES string of the molecule is CCCn1nncc1C(=O)c1cnns1. The van der Waals surface area contributed by atoms with E-state index in [1.54, 1.807) is 4.68 Å². The van der Waals surface area contributed by atoms with Gasteiger partial charge in [-0.15, -0.1) is 10.2 Å². The first-order valence-corrected chi connectivity index (χ1v) is 5.30. The molecule has 78 valence electrons. The lowest BCUT2D eigenvalue weighted by Gasteiger charge is -2.00. The smallest absolute Gasteiger partial charge is 0.225 e. The Balaban J connectivity index is 2.29. The lowest BCUT2D eigenvalue weighted by Crippen LogP contribution is -2.10. The van der Waals surface area contributed by atoms with E-state index in [2.05, 4.69) is 19.9 Å². The van der Waals surface area contributed by atoms with Crippen molar-refractivity contribution in [3.05, 3.63) is 23.0 Å². The van der Waals surface area contributed by atoms with Gasteiger partial charge in [0.25, 0.3) is 0 Å². The van der Waals surface area contributed by atoms with Crippen LogP contribution in [0.25, 0.3) is 0 Å². The molecule has 7 heteroatoms. The minimum atomic E-state index is -0.122. The number of aromatic nitrogens is 5. The third-order valence-electron chi connectivity index (χ3n) is 1.87. The third-order valence-corrected chi connectivity index (χ3v) is 2.53. The summed E-state index contributed by atoms with van der Waals surface area (Å²) in [5.41, 5.74) is 0.489. The van der Waals surface area contributed by atoms with Crippen molar-refractivity contribution < 1.29 is 4.79 Å². The predicted octanol–water partition coefficient (Wildman–Crippen LogP) is 0.771. The maximum atomic E-state index is 11.9. The highest BCUT2D eigenvalue weighted by Gasteiger charge is 2.16. The molecular formula is C8H9N5OS. The molecule has 0 aliphatic heterocycles. The summed E-state index contributed by atoms with van der Waals surface area (Å²) in [4.78, 5) is 12.4. The van der Waals surface area contributed by atoms with E-state index in [4.69, 9.17) is 0 Å². The first-order valence-electron chi connectivity index (χ1n) is 4.53. The largest absolute Gasteiger partial charge is 0.286 e. The van der Waals surface area contributed by atoms with Crippen LogP contribution >= 0.6 is 11.5 Å². The van der Waals surface area contributed by atoms with Gasteiger partial charge in [-0.3, -0.25) is 4.79 Å². The van der Waals surface area contributed by atoms with Crippen LogP contribution in [0.5, 0.6) is 0 Å². The summed E-state index contributed by atoms with van der Waals surface area (Å²) < 4.78 is 5.25. The minimum absolute atomic E-state index is 0.122. The molecule has 0 fully saturated rings. The number of nitrogens with zero attached hydrogens (tertiary/aromatic N) is 5. The fourth-order valence-corrected chi connectivity index (χ4v) is 1.67. The second-order valence-corrected chi connectivity index (χ2v) is 3.74. The van der Waals surface area contributed by atoms with Gasteiger partial charge < -0.3 is 0 Å². The highest BCUT2D eigenvalue weighted by Crippen LogP contribution is 2.10. The number of carbonyl (C=O) groups is 1. The monoisotopic (exact) mass is 223 g/mol. The number of rotatable bonds is 4. The first-order chi connectivity index (χ1) is 7.33. The average Bonchev–Trinajstić information content (AvgIpc) is 2.87. The summed E-state index contributed by atoms with van der Waals surface area (Å²) in [6, 6.07) is 0. The zero-order valence-corrected chi connectivity index (χ0v) is 8.94. The van der Waals surface area contributed by atoms with Crippen LogP contribution in [0.3, 0.4) is 0 Å². The summed E-state index contributed by atoms with van der Waals surface area (Å²) in [5.74, 6) is -0.122. The van der Waals surface area contributed by atoms with Gasteiger partial charge in [-0.25, -0.2) is 4.68 Å². The summed E-state index contributed by atoms with van der Waals surface area (Å²) in [7, 11) is 0. The molecule has 0 aliphatic rings. The van der Waals surface area contributed by atoms with E-state index in [-0.39, 0.29) is 5.78 Å². The minimum Gasteiger partial charge on any atom is -0.286 e. The van der Waals surface area contributed by atoms with Crippen molar-refractivity contribution in [2.75, 3.05) is 0 Å². The molecule has 0 amide bonds. The molecule has 2 aromatic rings. The van der Waals surface area contributed by atoms with Crippen molar-refractivity contribution in [2.24, 2.45) is 0 Å². The number of ketones is 1. The van der Waals surface area contributed by atoms with Gasteiger partial charge in [-0.2, -0.15) is 0 Å². The molecule has 6 nitrogen and oxygen atoms in total. The van der Waals surface area contributed by atoms with Crippen molar-refractivity contribution in [1.82, 2.24) is 24.6 Å². The highest BCUT2D eigenvalue weighted by molar-refractivity contribution is 7.08. The lowest BCUT2D eigenvalue weighted by molar-refractivity contribution is 0.103. The molecule has 2 aromatic heterocycles. The van der Waals surface area contributed by atoms with E-state index in [0.717, 1.165) is 18.0 Å². The van der Waals surface area contributed by atoms with Gasteiger partial charge in [0, 0.05) is 6.54 Å². The van der Waals surface area contributed by atoms with Crippen molar-refractivity contribution in [3.8, 4) is 0 Å². The highest BCUT2D eigenvalue weighted by atomic mass is 32.1. The Bertz CT molecular complexity index is 449. The molecule has 0 spiro atoms. The normalized spacial score (nSPS) is 10.5. The standard InChI is InChI=1S/C8H9N5OS/c1-2-3-13-6(4-9-11-13)8(14)7-5-10-12-15-7/h4-5H,2-3H2,1H3. The zero-order chi connectivity index (χ0) is 10.7. The Labute approximate surface area is 90.1 Å². The number of hydrogen-bond donors (Lipinski definition) is 0. The molecule has 0 aliphatic carbocycles. The van der Waals surface area contributed by atoms with Crippen LogP contribution in [0.4, 0.5) is 0 Å². The van der Waals surface area contributed by atoms with E-state index in [0.29, 0.717) is 17.1 Å². The molecule has 0 bridgehead atoms. The van der Waals surface area contributed by atoms with E-state index in [9.17, 15) is 4.79 Å². The van der Waals surface area contributed by atoms with Crippen molar-refractivity contribution in [1.29, 1.82) is 0 Å². The van der Waals surface area contributed by atoms with Crippen molar-refractivity contribution >= 4 is 17.3 Å². The van der Waals surface area contributed by atoms with Gasteiger partial charge in [-0.1, -0.05) is 16.6 Å². The zero-order valence-electron chi connectivity index (χ0n) is 8.12. The van der Waals surface area contributed by atoms with Crippen LogP contribution in [0.15, 0.2) is 12.4 Å². The summed E-state index contributed by atoms with van der Waals surface area (Å²) in [6.07, 6.45) is 3.83. The summed E-state index contributed by atoms with van der Waals surface area (Å²) >= 11 is 1.08. The van der Waals surface area contributed by atoms with Gasteiger partial charge in [0.05, 0.1) is 12.4 Å². The molecule has 0 saturated heterocycles. The van der Waals surface area contributed by atoms with Crippen LogP contribution in [0.1, 0.15) is 28.7 Å². The predicted molar refractivity (Wildman–Crippen MR) is 53.7 cm³/mol. The molecule has 0 atom stereocenters. The van der Waals surface area contributed by atoms with Gasteiger partial charge in [0.2, 0.25) is 5.78 Å².